The van der Waals surface area contributed by atoms with Gasteiger partial charge in [0.2, 0.25) is 0 Å². The van der Waals surface area contributed by atoms with Crippen LogP contribution in [0.2, 0.25) is 0 Å². The van der Waals surface area contributed by atoms with Gasteiger partial charge in [-0.05, 0) is 183 Å². The normalized spacial score (nSPS) is 29.7. The molecule has 0 bridgehead atoms. The van der Waals surface area contributed by atoms with Gasteiger partial charge in [-0.2, -0.15) is 5.06 Å². The number of hydrogen-bond donors (Lipinski definition) is 5. The summed E-state index contributed by atoms with van der Waals surface area (Å²) in [6.45, 7) is 43.3. The fourth-order valence-electron chi connectivity index (χ4n) is 12.3. The smallest absolute Gasteiger partial charge is 0.124 e. The van der Waals surface area contributed by atoms with Crippen molar-refractivity contribution in [3.63, 3.8) is 0 Å². The van der Waals surface area contributed by atoms with Gasteiger partial charge in [0.05, 0.1) is 44.2 Å². The lowest BCUT2D eigenvalue weighted by Crippen LogP contribution is -3.25. The summed E-state index contributed by atoms with van der Waals surface area (Å²) in [5.41, 5.74) is 0.598. The number of likely N-dealkylation sites (tertiary alicyclic amines) is 3. The second-order valence-electron chi connectivity index (χ2n) is 26.0. The van der Waals surface area contributed by atoms with E-state index in [1.807, 2.05) is 34.6 Å². The Morgan fingerprint density at radius 3 is 1.05 bits per heavy atom. The van der Waals surface area contributed by atoms with Gasteiger partial charge in [0.25, 0.3) is 0 Å². The molecule has 12 heteroatoms. The first kappa shape index (κ1) is 62.5. The van der Waals surface area contributed by atoms with Gasteiger partial charge in [0, 0.05) is 60.3 Å². The molecular formula is C51H109N4O8+. The van der Waals surface area contributed by atoms with E-state index in [-0.39, 0.29) is 66.1 Å². The number of rotatable bonds is 10. The van der Waals surface area contributed by atoms with Crippen molar-refractivity contribution < 1.29 is 44.5 Å². The Bertz CT molecular complexity index is 1170. The zero-order valence-corrected chi connectivity index (χ0v) is 45.1. The van der Waals surface area contributed by atoms with Gasteiger partial charge in [-0.1, -0.05) is 21.3 Å². The molecule has 4 aliphatic rings. The van der Waals surface area contributed by atoms with Gasteiger partial charge < -0.3 is 34.3 Å². The number of hydrogen-bond acceptors (Lipinski definition) is 11. The number of aliphatic hydroxyl groups is 3. The number of piperidine rings is 4. The van der Waals surface area contributed by atoms with Crippen LogP contribution in [0.1, 0.15) is 190 Å². The zero-order chi connectivity index (χ0) is 48.9. The molecule has 0 saturated carbocycles. The molecule has 380 valence electrons. The summed E-state index contributed by atoms with van der Waals surface area (Å²) in [6, 6.07) is 0. The molecule has 2 unspecified atom stereocenters. The lowest BCUT2D eigenvalue weighted by Gasteiger charge is -2.56. The van der Waals surface area contributed by atoms with Gasteiger partial charge >= 0.3 is 0 Å². The molecule has 0 aromatic carbocycles. The maximum Gasteiger partial charge on any atom is 0.124 e. The van der Waals surface area contributed by atoms with Crippen LogP contribution in [-0.2, 0) is 18.9 Å². The van der Waals surface area contributed by atoms with Crippen molar-refractivity contribution in [2.75, 3.05) is 61.8 Å². The van der Waals surface area contributed by atoms with Crippen molar-refractivity contribution in [2.24, 2.45) is 5.41 Å². The zero-order valence-electron chi connectivity index (χ0n) is 45.1. The van der Waals surface area contributed by atoms with Crippen LogP contribution >= 0.6 is 0 Å². The molecule has 0 aromatic heterocycles. The number of quaternary nitrogens is 1. The standard InChI is InChI=1S/C14H29NO3.C13H27NO4.C12H25N.C11H23NO.CH4/c1-13(2)7-12(8-14(3,4)15(13)5)18-10-11(16)9-17-6;1-12(2)6-11(7-13(3,4)14(12)16)18-9-10(15)8-17-5;1-10(2)8-11(3,4)13(7)12(5,6)9-10;1-9(2)7-11(5,13)8-10(3,4)12(9)6;/h11-12,16H,7-10H2,1-6H3;10-11,15-16H,6-9H2,1-5H3;8-9H2,1-7H3;13H,7-8H2,1-6H3;1H4/p+1. The number of nitrogens with zero attached hydrogens (tertiary/aromatic N) is 3. The van der Waals surface area contributed by atoms with Gasteiger partial charge in [-0.25, -0.2) is 5.21 Å². The quantitative estimate of drug-likeness (QED) is 0.149. The molecule has 0 aliphatic carbocycles. The van der Waals surface area contributed by atoms with Crippen molar-refractivity contribution in [2.45, 2.75) is 265 Å². The Morgan fingerprint density at radius 1 is 0.476 bits per heavy atom. The second-order valence-corrected chi connectivity index (χ2v) is 26.0. The Kier molecular flexibility index (Phi) is 22.6. The third-order valence-corrected chi connectivity index (χ3v) is 14.9. The molecule has 4 rings (SSSR count). The molecule has 0 spiro atoms. The van der Waals surface area contributed by atoms with Crippen LogP contribution in [0.15, 0.2) is 0 Å². The van der Waals surface area contributed by atoms with Crippen molar-refractivity contribution in [3.8, 4) is 0 Å². The van der Waals surface area contributed by atoms with E-state index in [0.717, 1.165) is 38.5 Å². The minimum absolute atomic E-state index is 0. The van der Waals surface area contributed by atoms with Gasteiger partial charge in [0.1, 0.15) is 23.3 Å². The maximum absolute atomic E-state index is 10.2. The van der Waals surface area contributed by atoms with Crippen LogP contribution in [0.3, 0.4) is 0 Å². The Morgan fingerprint density at radius 2 is 0.746 bits per heavy atom. The van der Waals surface area contributed by atoms with Crippen molar-refractivity contribution in [1.29, 1.82) is 0 Å². The molecule has 0 aromatic rings. The molecule has 12 nitrogen and oxygen atoms in total. The van der Waals surface area contributed by atoms with E-state index in [2.05, 4.69) is 133 Å². The highest BCUT2D eigenvalue weighted by atomic mass is 16.5. The van der Waals surface area contributed by atoms with Gasteiger partial charge in [-0.3, -0.25) is 14.7 Å². The van der Waals surface area contributed by atoms with E-state index in [9.17, 15) is 20.5 Å². The topological polar surface area (TPSA) is 132 Å². The number of methoxy groups -OCH3 is 2. The van der Waals surface area contributed by atoms with Crippen LogP contribution in [0.4, 0.5) is 0 Å². The second kappa shape index (κ2) is 22.8. The number of aliphatic hydroxyl groups excluding tert-OH is 2. The lowest BCUT2D eigenvalue weighted by molar-refractivity contribution is -1.16. The molecule has 2 atom stereocenters. The van der Waals surface area contributed by atoms with E-state index in [0.29, 0.717) is 34.8 Å². The van der Waals surface area contributed by atoms with E-state index in [1.54, 1.807) is 14.2 Å². The molecule has 0 amide bonds. The average molecular weight is 906 g/mol. The predicted molar refractivity (Wildman–Crippen MR) is 262 cm³/mol. The first-order valence-electron chi connectivity index (χ1n) is 23.6. The van der Waals surface area contributed by atoms with Crippen LogP contribution in [-0.4, -0.2) is 171 Å². The SMILES string of the molecule is C.CN1C(C)(C)CC(C)(C)CC1(C)C.CN1C(C)(C)CC(C)(O)CC1(C)C.COCC(O)COC1CC(C)(C)N(C)C(C)(C)C1.COCC(O)COC1CC(C)(C)[NH+](O)C(C)(C)C1. The average Bonchev–Trinajstić information content (AvgIpc) is 3.05. The highest BCUT2D eigenvalue weighted by molar-refractivity contribution is 5.04. The fraction of sp³-hybridized carbons (Fsp3) is 1.00. The molecule has 4 saturated heterocycles. The van der Waals surface area contributed by atoms with Crippen molar-refractivity contribution in [3.05, 3.63) is 0 Å². The molecule has 4 aliphatic heterocycles. The number of nitrogens with one attached hydrogen (secondary N) is 1. The summed E-state index contributed by atoms with van der Waals surface area (Å²) >= 11 is 0. The largest absolute Gasteiger partial charge is 0.390 e. The van der Waals surface area contributed by atoms with E-state index in [1.165, 1.54) is 12.8 Å². The van der Waals surface area contributed by atoms with E-state index >= 15 is 0 Å². The fourth-order valence-corrected chi connectivity index (χ4v) is 12.3. The summed E-state index contributed by atoms with van der Waals surface area (Å²) in [4.78, 5) is 7.33. The molecule has 5 N–H and O–H groups in total. The summed E-state index contributed by atoms with van der Waals surface area (Å²) in [5.74, 6) is 0. The first-order valence-corrected chi connectivity index (χ1v) is 23.6. The first-order chi connectivity index (χ1) is 27.5. The molecule has 63 heavy (non-hydrogen) atoms. The molecule has 4 heterocycles. The van der Waals surface area contributed by atoms with E-state index in [4.69, 9.17) is 18.9 Å². The van der Waals surface area contributed by atoms with Crippen molar-refractivity contribution in [1.82, 2.24) is 14.7 Å². The number of hydroxylamine groups is 2. The van der Waals surface area contributed by atoms with Crippen molar-refractivity contribution >= 4 is 0 Å². The molecule has 0 radical (unpaired) electrons. The monoisotopic (exact) mass is 906 g/mol. The molecule has 4 fully saturated rings. The Hall–Kier alpha value is -0.480. The minimum atomic E-state index is -0.583. The Labute approximate surface area is 390 Å². The third-order valence-electron chi connectivity index (χ3n) is 14.9. The maximum atomic E-state index is 10.2. The van der Waals surface area contributed by atoms with Crippen LogP contribution in [0.25, 0.3) is 0 Å². The Balaban J connectivity index is 0.000000818. The highest BCUT2D eigenvalue weighted by Gasteiger charge is 2.51. The molecular weight excluding hydrogens is 797 g/mol. The summed E-state index contributed by atoms with van der Waals surface area (Å²) in [5, 5.41) is 40.1. The van der Waals surface area contributed by atoms with Gasteiger partial charge in [0.15, 0.2) is 0 Å². The lowest BCUT2D eigenvalue weighted by atomic mass is 9.66. The highest BCUT2D eigenvalue weighted by Crippen LogP contribution is 2.47. The minimum Gasteiger partial charge on any atom is -0.390 e. The summed E-state index contributed by atoms with van der Waals surface area (Å²) in [7, 11) is 9.73. The predicted octanol–water partition coefficient (Wildman–Crippen LogP) is 7.62. The number of ether oxygens (including phenoxy) is 4. The van der Waals surface area contributed by atoms with Crippen LogP contribution in [0.5, 0.6) is 0 Å². The van der Waals surface area contributed by atoms with Gasteiger partial charge in [-0.15, -0.1) is 0 Å². The van der Waals surface area contributed by atoms with E-state index < -0.39 is 17.8 Å². The third kappa shape index (κ3) is 18.9. The summed E-state index contributed by atoms with van der Waals surface area (Å²) < 4.78 is 21.4. The van der Waals surface area contributed by atoms with Crippen LogP contribution < -0.4 is 5.06 Å². The summed E-state index contributed by atoms with van der Waals surface area (Å²) in [6.07, 6.45) is 6.99. The van der Waals surface area contributed by atoms with Crippen LogP contribution in [0, 0.1) is 5.41 Å².